The predicted octanol–water partition coefficient (Wildman–Crippen LogP) is 2.11. The van der Waals surface area contributed by atoms with Crippen LogP contribution >= 0.6 is 23.5 Å². The van der Waals surface area contributed by atoms with Crippen molar-refractivity contribution in [3.05, 3.63) is 59.6 Å². The maximum absolute atomic E-state index is 12.5. The van der Waals surface area contributed by atoms with E-state index in [4.69, 9.17) is 19.3 Å². The number of nitrogens with one attached hydrogen (secondary N) is 1. The summed E-state index contributed by atoms with van der Waals surface area (Å²) in [5.41, 5.74) is 2.20. The highest BCUT2D eigenvalue weighted by molar-refractivity contribution is 7.66. The number of aliphatic hydroxyl groups excluding tert-OH is 1. The van der Waals surface area contributed by atoms with Gasteiger partial charge in [0.05, 0.1) is 31.5 Å². The van der Waals surface area contributed by atoms with Crippen LogP contribution < -0.4 is 5.32 Å². The van der Waals surface area contributed by atoms with E-state index in [-0.39, 0.29) is 36.4 Å². The lowest BCUT2D eigenvalue weighted by molar-refractivity contribution is -0.119. The number of phosphoric ester groups is 1. The number of aliphatic hydroxyl groups is 1. The third kappa shape index (κ3) is 9.91. The van der Waals surface area contributed by atoms with Crippen molar-refractivity contribution in [2.24, 2.45) is 0 Å². The summed E-state index contributed by atoms with van der Waals surface area (Å²) >= 11 is 0. The van der Waals surface area contributed by atoms with Gasteiger partial charge >= 0.3 is 23.5 Å². The molecular formula is C22H33N2O14P3. The Hall–Kier alpha value is -1.74. The minimum Gasteiger partial charge on any atom is -0.390 e. The summed E-state index contributed by atoms with van der Waals surface area (Å²) in [5.74, 6) is -0.319. The second-order valence-electron chi connectivity index (χ2n) is 10.2. The van der Waals surface area contributed by atoms with Crippen LogP contribution in [-0.2, 0) is 53.1 Å². The fourth-order valence-electron chi connectivity index (χ4n) is 4.10. The van der Waals surface area contributed by atoms with Crippen LogP contribution in [0.5, 0.6) is 0 Å². The van der Waals surface area contributed by atoms with Gasteiger partial charge in [0.2, 0.25) is 0 Å². The smallest absolute Gasteiger partial charge is 0.390 e. The highest BCUT2D eigenvalue weighted by Crippen LogP contribution is 2.66. The van der Waals surface area contributed by atoms with E-state index in [1.54, 1.807) is 0 Å². The van der Waals surface area contributed by atoms with Gasteiger partial charge in [0.15, 0.2) is 0 Å². The second kappa shape index (κ2) is 12.9. The topological polar surface area (TPSA) is 231 Å². The van der Waals surface area contributed by atoms with E-state index in [2.05, 4.69) is 45.8 Å². The molecule has 2 aliphatic heterocycles. The lowest BCUT2D eigenvalue weighted by atomic mass is 9.84. The van der Waals surface area contributed by atoms with E-state index in [9.17, 15) is 33.4 Å². The van der Waals surface area contributed by atoms with Crippen LogP contribution in [0, 0.1) is 0 Å². The lowest BCUT2D eigenvalue weighted by Gasteiger charge is -2.33. The molecule has 0 aromatic heterocycles. The van der Waals surface area contributed by atoms with Gasteiger partial charge < -0.3 is 44.4 Å². The van der Waals surface area contributed by atoms with Crippen molar-refractivity contribution < 1.29 is 65.8 Å². The Morgan fingerprint density at radius 3 is 2.37 bits per heavy atom. The Labute approximate surface area is 236 Å². The monoisotopic (exact) mass is 642 g/mol. The average Bonchev–Trinajstić information content (AvgIpc) is 3.16. The number of carbonyl (C=O) groups excluding carboxylic acids is 1. The zero-order valence-electron chi connectivity index (χ0n) is 22.4. The zero-order valence-corrected chi connectivity index (χ0v) is 25.0. The molecule has 1 fully saturated rings. The third-order valence-corrected chi connectivity index (χ3v) is 9.63. The van der Waals surface area contributed by atoms with Gasteiger partial charge in [-0.3, -0.25) is 9.32 Å². The number of amides is 1. The largest absolute Gasteiger partial charge is 0.490 e. The van der Waals surface area contributed by atoms with Gasteiger partial charge in [-0.1, -0.05) is 51.6 Å². The SMILES string of the molecule is C=C1NC(=O)C(COCc2ccccc2C(C)(C)C)=CN1[C@H]1C[C@@H](O)[C@@H](COP(=O)(O)OP(=O)(O)OP(=O)(O)O)O1. The molecule has 2 aliphatic rings. The van der Waals surface area contributed by atoms with E-state index in [1.807, 2.05) is 24.3 Å². The minimum absolute atomic E-state index is 0.0567. The molecule has 5 atom stereocenters. The number of hydrogen-bond donors (Lipinski definition) is 6. The van der Waals surface area contributed by atoms with E-state index in [0.717, 1.165) is 11.1 Å². The van der Waals surface area contributed by atoms with Crippen molar-refractivity contribution in [3.63, 3.8) is 0 Å². The van der Waals surface area contributed by atoms with Crippen LogP contribution in [-0.4, -0.2) is 67.1 Å². The molecule has 16 nitrogen and oxygen atoms in total. The van der Waals surface area contributed by atoms with Crippen molar-refractivity contribution in [2.75, 3.05) is 13.2 Å². The molecule has 0 saturated carbocycles. The summed E-state index contributed by atoms with van der Waals surface area (Å²) in [7, 11) is -16.6. The first-order valence-corrected chi connectivity index (χ1v) is 16.6. The molecule has 41 heavy (non-hydrogen) atoms. The van der Waals surface area contributed by atoms with Gasteiger partial charge in [-0.05, 0) is 16.5 Å². The fourth-order valence-corrected chi connectivity index (χ4v) is 7.13. The van der Waals surface area contributed by atoms with Crippen molar-refractivity contribution in [1.82, 2.24) is 10.2 Å². The molecule has 1 aromatic rings. The molecule has 1 saturated heterocycles. The van der Waals surface area contributed by atoms with Crippen molar-refractivity contribution >= 4 is 29.4 Å². The van der Waals surface area contributed by atoms with Gasteiger partial charge in [0, 0.05) is 12.6 Å². The summed E-state index contributed by atoms with van der Waals surface area (Å²) in [6.45, 7) is 9.38. The molecule has 230 valence electrons. The Bertz CT molecular complexity index is 1320. The number of benzene rings is 1. The van der Waals surface area contributed by atoms with E-state index in [0.29, 0.717) is 0 Å². The van der Waals surface area contributed by atoms with Crippen LogP contribution in [0.25, 0.3) is 0 Å². The molecule has 0 spiro atoms. The van der Waals surface area contributed by atoms with Crippen LogP contribution in [0.15, 0.2) is 48.4 Å². The van der Waals surface area contributed by atoms with Crippen LogP contribution in [0.4, 0.5) is 0 Å². The second-order valence-corrected chi connectivity index (χ2v) is 14.6. The third-order valence-electron chi connectivity index (χ3n) is 5.83. The van der Waals surface area contributed by atoms with Gasteiger partial charge in [-0.2, -0.15) is 8.62 Å². The first kappa shape index (κ1) is 33.8. The number of nitrogens with zero attached hydrogens (tertiary/aromatic N) is 1. The number of ether oxygens (including phenoxy) is 2. The molecule has 3 rings (SSSR count). The standard InChI is InChI=1S/C22H33N2O14P3/c1-14-23-21(26)16(12-34-11-15-7-5-6-8-17(15)22(2,3)4)10-24(14)20-9-18(25)19(36-20)13-35-40(30,31)38-41(32,33)37-39(27,28)29/h5-8,10,18-20,25H,1,9,11-13H2,2-4H3,(H,23,26)(H,30,31)(H,32,33)(H2,27,28,29)/t18-,19-,20-/m1/s1. The van der Waals surface area contributed by atoms with E-state index < -0.39 is 54.4 Å². The molecule has 2 unspecified atom stereocenters. The molecule has 19 heteroatoms. The van der Waals surface area contributed by atoms with Gasteiger partial charge in [0.25, 0.3) is 5.91 Å². The molecule has 2 heterocycles. The van der Waals surface area contributed by atoms with Crippen molar-refractivity contribution in [2.45, 2.75) is 57.6 Å². The number of hydrogen-bond acceptors (Lipinski definition) is 11. The summed E-state index contributed by atoms with van der Waals surface area (Å²) in [6.07, 6.45) is -2.05. The van der Waals surface area contributed by atoms with Crippen LogP contribution in [0.1, 0.15) is 38.3 Å². The summed E-state index contributed by atoms with van der Waals surface area (Å²) < 4.78 is 57.6. The van der Waals surface area contributed by atoms with Gasteiger partial charge in [-0.25, -0.2) is 13.7 Å². The van der Waals surface area contributed by atoms with Crippen LogP contribution in [0.2, 0.25) is 0 Å². The lowest BCUT2D eigenvalue weighted by Crippen LogP contribution is -2.43. The number of carbonyl (C=O) groups is 1. The van der Waals surface area contributed by atoms with E-state index in [1.165, 1.54) is 11.1 Å². The number of rotatable bonds is 12. The van der Waals surface area contributed by atoms with Gasteiger partial charge in [-0.15, -0.1) is 0 Å². The normalized spacial score (nSPS) is 24.9. The summed E-state index contributed by atoms with van der Waals surface area (Å²) in [5, 5.41) is 13.0. The Morgan fingerprint density at radius 1 is 1.07 bits per heavy atom. The molecule has 0 aliphatic carbocycles. The Morgan fingerprint density at radius 2 is 1.73 bits per heavy atom. The Kier molecular flexibility index (Phi) is 10.6. The molecule has 0 radical (unpaired) electrons. The first-order valence-electron chi connectivity index (χ1n) is 12.0. The highest BCUT2D eigenvalue weighted by atomic mass is 31.3. The predicted molar refractivity (Wildman–Crippen MR) is 141 cm³/mol. The van der Waals surface area contributed by atoms with Crippen molar-refractivity contribution in [1.29, 1.82) is 0 Å². The quantitative estimate of drug-likeness (QED) is 0.179. The zero-order chi connectivity index (χ0) is 30.8. The summed E-state index contributed by atoms with van der Waals surface area (Å²) in [6, 6.07) is 7.80. The maximum atomic E-state index is 12.5. The van der Waals surface area contributed by atoms with Gasteiger partial charge in [0.1, 0.15) is 18.2 Å². The molecule has 6 N–H and O–H groups in total. The Balaban J connectivity index is 1.61. The van der Waals surface area contributed by atoms with Crippen LogP contribution in [0.3, 0.4) is 0 Å². The molecular weight excluding hydrogens is 609 g/mol. The highest BCUT2D eigenvalue weighted by Gasteiger charge is 2.44. The van der Waals surface area contributed by atoms with Crippen molar-refractivity contribution in [3.8, 4) is 0 Å². The summed E-state index contributed by atoms with van der Waals surface area (Å²) in [4.78, 5) is 50.1. The number of phosphoric acid groups is 3. The molecule has 1 aromatic carbocycles. The fraction of sp³-hybridized carbons (Fsp3) is 0.500. The molecule has 0 bridgehead atoms. The average molecular weight is 642 g/mol. The molecule has 1 amide bonds. The maximum Gasteiger partial charge on any atom is 0.490 e. The minimum atomic E-state index is -5.69. The van der Waals surface area contributed by atoms with E-state index >= 15 is 0 Å². The first-order chi connectivity index (χ1) is 18.8.